The Morgan fingerprint density at radius 2 is 1.76 bits per heavy atom. The molecule has 4 rings (SSSR count). The van der Waals surface area contributed by atoms with Crippen molar-refractivity contribution < 1.29 is 4.79 Å². The van der Waals surface area contributed by atoms with Crippen molar-refractivity contribution in [3.05, 3.63) is 78.2 Å². The largest absolute Gasteiger partial charge is 0.340 e. The van der Waals surface area contributed by atoms with Crippen LogP contribution in [0.15, 0.2) is 67.1 Å². The summed E-state index contributed by atoms with van der Waals surface area (Å²) in [5.41, 5.74) is 2.47. The van der Waals surface area contributed by atoms with Gasteiger partial charge in [-0.15, -0.1) is 0 Å². The average Bonchev–Trinajstić information content (AvgIpc) is 2.79. The number of aromatic nitrogens is 3. The van der Waals surface area contributed by atoms with Crippen molar-refractivity contribution in [3.8, 4) is 0 Å². The van der Waals surface area contributed by atoms with Gasteiger partial charge in [0.2, 0.25) is 11.9 Å². The lowest BCUT2D eigenvalue weighted by atomic mass is 9.97. The number of aryl methyl sites for hydroxylation is 2. The number of pyridine rings is 1. The van der Waals surface area contributed by atoms with Crippen LogP contribution in [-0.4, -0.2) is 33.9 Å². The van der Waals surface area contributed by atoms with Gasteiger partial charge in [-0.05, 0) is 55.0 Å². The second-order valence-electron chi connectivity index (χ2n) is 7.36. The molecule has 3 aromatic rings. The van der Waals surface area contributed by atoms with Crippen LogP contribution in [0, 0.1) is 5.92 Å². The van der Waals surface area contributed by atoms with Crippen molar-refractivity contribution in [2.24, 2.45) is 5.92 Å². The first-order valence-electron chi connectivity index (χ1n) is 10.1. The number of piperidine rings is 1. The summed E-state index contributed by atoms with van der Waals surface area (Å²) in [5.74, 6) is 1.22. The zero-order chi connectivity index (χ0) is 19.9. The van der Waals surface area contributed by atoms with E-state index in [1.54, 1.807) is 24.7 Å². The molecule has 6 heteroatoms. The van der Waals surface area contributed by atoms with Crippen molar-refractivity contribution in [1.82, 2.24) is 15.0 Å². The van der Waals surface area contributed by atoms with Crippen molar-refractivity contribution in [1.29, 1.82) is 0 Å². The van der Waals surface area contributed by atoms with Crippen LogP contribution in [0.4, 0.5) is 11.8 Å². The summed E-state index contributed by atoms with van der Waals surface area (Å²) in [6.07, 6.45) is 8.92. The Kier molecular flexibility index (Phi) is 6.10. The summed E-state index contributed by atoms with van der Waals surface area (Å²) in [6, 6.07) is 16.2. The van der Waals surface area contributed by atoms with Crippen LogP contribution in [0.3, 0.4) is 0 Å². The molecule has 0 radical (unpaired) electrons. The van der Waals surface area contributed by atoms with E-state index in [1.807, 2.05) is 18.2 Å². The predicted octanol–water partition coefficient (Wildman–Crippen LogP) is 3.51. The summed E-state index contributed by atoms with van der Waals surface area (Å²) >= 11 is 0. The molecule has 1 saturated heterocycles. The van der Waals surface area contributed by atoms with Crippen LogP contribution in [0.25, 0.3) is 0 Å². The number of amides is 1. The molecule has 0 spiro atoms. The summed E-state index contributed by atoms with van der Waals surface area (Å²) < 4.78 is 0. The second kappa shape index (κ2) is 9.28. The van der Waals surface area contributed by atoms with Gasteiger partial charge in [-0.2, -0.15) is 0 Å². The van der Waals surface area contributed by atoms with Gasteiger partial charge in [-0.25, -0.2) is 15.0 Å². The molecule has 6 nitrogen and oxygen atoms in total. The Bertz CT molecular complexity index is 932. The van der Waals surface area contributed by atoms with Crippen LogP contribution in [-0.2, 0) is 17.6 Å². The number of nitrogens with zero attached hydrogens (tertiary/aromatic N) is 4. The van der Waals surface area contributed by atoms with E-state index in [0.29, 0.717) is 18.3 Å². The Labute approximate surface area is 171 Å². The minimum Gasteiger partial charge on any atom is -0.340 e. The SMILES string of the molecule is O=C(Nc1cc(CCc2ccccc2)ccn1)C1CCCN(c2ncccn2)C1. The van der Waals surface area contributed by atoms with Gasteiger partial charge in [0.15, 0.2) is 0 Å². The van der Waals surface area contributed by atoms with Gasteiger partial charge in [0.25, 0.3) is 0 Å². The van der Waals surface area contributed by atoms with E-state index in [-0.39, 0.29) is 11.8 Å². The van der Waals surface area contributed by atoms with Gasteiger partial charge in [-0.3, -0.25) is 4.79 Å². The zero-order valence-corrected chi connectivity index (χ0v) is 16.4. The summed E-state index contributed by atoms with van der Waals surface area (Å²) in [6.45, 7) is 1.50. The Hall–Kier alpha value is -3.28. The number of nitrogens with one attached hydrogen (secondary N) is 1. The minimum atomic E-state index is -0.0951. The second-order valence-corrected chi connectivity index (χ2v) is 7.36. The van der Waals surface area contributed by atoms with Gasteiger partial charge >= 0.3 is 0 Å². The van der Waals surface area contributed by atoms with Gasteiger partial charge in [0.1, 0.15) is 5.82 Å². The topological polar surface area (TPSA) is 71.0 Å². The maximum atomic E-state index is 12.8. The quantitative estimate of drug-likeness (QED) is 0.701. The molecule has 0 saturated carbocycles. The number of rotatable bonds is 6. The first-order chi connectivity index (χ1) is 14.3. The lowest BCUT2D eigenvalue weighted by Crippen LogP contribution is -2.41. The first kappa shape index (κ1) is 19.1. The number of carbonyl (C=O) groups is 1. The third-order valence-corrected chi connectivity index (χ3v) is 5.25. The van der Waals surface area contributed by atoms with Crippen LogP contribution in [0.1, 0.15) is 24.0 Å². The molecule has 1 aliphatic heterocycles. The van der Waals surface area contributed by atoms with Crippen LogP contribution >= 0.6 is 0 Å². The van der Waals surface area contributed by atoms with Crippen molar-refractivity contribution in [2.45, 2.75) is 25.7 Å². The van der Waals surface area contributed by atoms with E-state index >= 15 is 0 Å². The molecule has 1 unspecified atom stereocenters. The van der Waals surface area contributed by atoms with Crippen molar-refractivity contribution in [3.63, 3.8) is 0 Å². The molecule has 2 aromatic heterocycles. The van der Waals surface area contributed by atoms with E-state index in [0.717, 1.165) is 32.2 Å². The molecule has 3 heterocycles. The van der Waals surface area contributed by atoms with E-state index in [2.05, 4.69) is 49.4 Å². The van der Waals surface area contributed by atoms with E-state index < -0.39 is 0 Å². The van der Waals surface area contributed by atoms with Gasteiger partial charge in [-0.1, -0.05) is 30.3 Å². The Morgan fingerprint density at radius 3 is 2.59 bits per heavy atom. The standard InChI is InChI=1S/C23H25N5O/c29-22(20-8-4-15-28(17-20)23-25-12-5-13-26-23)27-21-16-19(11-14-24-21)10-9-18-6-2-1-3-7-18/h1-3,5-7,11-14,16,20H,4,8-10,15,17H2,(H,24,27,29). The molecule has 1 aliphatic rings. The highest BCUT2D eigenvalue weighted by molar-refractivity contribution is 5.92. The summed E-state index contributed by atoms with van der Waals surface area (Å²) in [4.78, 5) is 27.8. The van der Waals surface area contributed by atoms with Crippen LogP contribution in [0.5, 0.6) is 0 Å². The Balaban J connectivity index is 1.35. The van der Waals surface area contributed by atoms with Crippen molar-refractivity contribution >= 4 is 17.7 Å². The lowest BCUT2D eigenvalue weighted by Gasteiger charge is -2.31. The molecule has 1 N–H and O–H groups in total. The first-order valence-corrected chi connectivity index (χ1v) is 10.1. The van der Waals surface area contributed by atoms with E-state index in [4.69, 9.17) is 0 Å². The number of anilines is 2. The molecule has 1 amide bonds. The number of hydrogen-bond donors (Lipinski definition) is 1. The number of hydrogen-bond acceptors (Lipinski definition) is 5. The predicted molar refractivity (Wildman–Crippen MR) is 114 cm³/mol. The highest BCUT2D eigenvalue weighted by Gasteiger charge is 2.27. The minimum absolute atomic E-state index is 0.0124. The molecular weight excluding hydrogens is 362 g/mol. The fraction of sp³-hybridized carbons (Fsp3) is 0.304. The molecule has 29 heavy (non-hydrogen) atoms. The Morgan fingerprint density at radius 1 is 0.966 bits per heavy atom. The van der Waals surface area contributed by atoms with Crippen molar-refractivity contribution in [2.75, 3.05) is 23.3 Å². The monoisotopic (exact) mass is 387 g/mol. The molecule has 148 valence electrons. The summed E-state index contributed by atoms with van der Waals surface area (Å²) in [7, 11) is 0. The maximum absolute atomic E-state index is 12.8. The average molecular weight is 387 g/mol. The van der Waals surface area contributed by atoms with Gasteiger partial charge in [0, 0.05) is 31.7 Å². The maximum Gasteiger partial charge on any atom is 0.230 e. The van der Waals surface area contributed by atoms with E-state index in [1.165, 1.54) is 11.1 Å². The third-order valence-electron chi connectivity index (χ3n) is 5.25. The van der Waals surface area contributed by atoms with Gasteiger partial charge in [0.05, 0.1) is 5.92 Å². The summed E-state index contributed by atoms with van der Waals surface area (Å²) in [5, 5.41) is 3.00. The number of carbonyl (C=O) groups excluding carboxylic acids is 1. The fourth-order valence-electron chi connectivity index (χ4n) is 3.69. The van der Waals surface area contributed by atoms with Gasteiger partial charge < -0.3 is 10.2 Å². The molecule has 0 bridgehead atoms. The molecule has 0 aliphatic carbocycles. The molecular formula is C23H25N5O. The van der Waals surface area contributed by atoms with E-state index in [9.17, 15) is 4.79 Å². The molecule has 1 aromatic carbocycles. The normalized spacial score (nSPS) is 16.4. The highest BCUT2D eigenvalue weighted by Crippen LogP contribution is 2.21. The third kappa shape index (κ3) is 5.16. The zero-order valence-electron chi connectivity index (χ0n) is 16.4. The lowest BCUT2D eigenvalue weighted by molar-refractivity contribution is -0.120. The number of benzene rings is 1. The van der Waals surface area contributed by atoms with Crippen LogP contribution < -0.4 is 10.2 Å². The van der Waals surface area contributed by atoms with Crippen LogP contribution in [0.2, 0.25) is 0 Å². The highest BCUT2D eigenvalue weighted by atomic mass is 16.2. The molecule has 1 fully saturated rings. The smallest absolute Gasteiger partial charge is 0.230 e. The fourth-order valence-corrected chi connectivity index (χ4v) is 3.69. The molecule has 1 atom stereocenters.